The number of carbonyl (C=O) groups is 2. The van der Waals surface area contributed by atoms with E-state index in [0.29, 0.717) is 21.3 Å². The third-order valence-electron chi connectivity index (χ3n) is 7.46. The van der Waals surface area contributed by atoms with Crippen LogP contribution in [0.25, 0.3) is 0 Å². The molecule has 1 fully saturated rings. The molecule has 0 heterocycles. The van der Waals surface area contributed by atoms with Crippen LogP contribution in [0.2, 0.25) is 10.0 Å². The van der Waals surface area contributed by atoms with Crippen molar-refractivity contribution in [1.82, 2.24) is 10.2 Å². The Labute approximate surface area is 252 Å². The lowest BCUT2D eigenvalue weighted by Crippen LogP contribution is -2.52. The van der Waals surface area contributed by atoms with Crippen molar-refractivity contribution in [3.63, 3.8) is 0 Å². The molecule has 0 bridgehead atoms. The van der Waals surface area contributed by atoms with Gasteiger partial charge in [-0.15, -0.1) is 0 Å². The van der Waals surface area contributed by atoms with E-state index in [1.54, 1.807) is 62.4 Å². The number of benzene rings is 3. The molecule has 41 heavy (non-hydrogen) atoms. The number of nitrogens with one attached hydrogen (secondary N) is 1. The first-order chi connectivity index (χ1) is 19.5. The standard InChI is InChI=1S/C31H35Cl2N3O4S/c1-21-8-16-28(17-9-21)41(39,40)36(29-18-26(33)13-10-22(29)2)20-30(37)35(19-24-11-14-25(32)15-12-24)23(3)31(38)34-27-6-4-5-7-27/h8-18,23,27H,4-7,19-20H2,1-3H3,(H,34,38)/t23-/m1/s1. The van der Waals surface area contributed by atoms with Crippen molar-refractivity contribution >= 4 is 50.7 Å². The summed E-state index contributed by atoms with van der Waals surface area (Å²) in [5.41, 5.74) is 2.59. The zero-order valence-corrected chi connectivity index (χ0v) is 25.8. The van der Waals surface area contributed by atoms with Crippen molar-refractivity contribution in [2.24, 2.45) is 0 Å². The predicted octanol–water partition coefficient (Wildman–Crippen LogP) is 6.28. The van der Waals surface area contributed by atoms with Gasteiger partial charge in [0.25, 0.3) is 10.0 Å². The largest absolute Gasteiger partial charge is 0.352 e. The topological polar surface area (TPSA) is 86.8 Å². The lowest BCUT2D eigenvalue weighted by molar-refractivity contribution is -0.139. The Balaban J connectivity index is 1.71. The van der Waals surface area contributed by atoms with Crippen LogP contribution in [-0.2, 0) is 26.2 Å². The third-order valence-corrected chi connectivity index (χ3v) is 9.72. The number of aryl methyl sites for hydroxylation is 2. The van der Waals surface area contributed by atoms with E-state index in [1.807, 2.05) is 6.92 Å². The van der Waals surface area contributed by atoms with Gasteiger partial charge in [0.1, 0.15) is 12.6 Å². The summed E-state index contributed by atoms with van der Waals surface area (Å²) >= 11 is 12.4. The summed E-state index contributed by atoms with van der Waals surface area (Å²) in [7, 11) is -4.17. The molecule has 1 aliphatic rings. The molecule has 0 aliphatic heterocycles. The van der Waals surface area contributed by atoms with Crippen molar-refractivity contribution in [2.75, 3.05) is 10.8 Å². The maximum Gasteiger partial charge on any atom is 0.264 e. The van der Waals surface area contributed by atoms with Crippen molar-refractivity contribution in [3.05, 3.63) is 93.5 Å². The average Bonchev–Trinajstić information content (AvgIpc) is 3.45. The van der Waals surface area contributed by atoms with Gasteiger partial charge in [-0.2, -0.15) is 0 Å². The molecule has 10 heteroatoms. The molecule has 1 atom stereocenters. The third kappa shape index (κ3) is 7.61. The minimum Gasteiger partial charge on any atom is -0.352 e. The van der Waals surface area contributed by atoms with Gasteiger partial charge in [0.15, 0.2) is 0 Å². The fourth-order valence-corrected chi connectivity index (χ4v) is 6.73. The molecule has 1 aliphatic carbocycles. The smallest absolute Gasteiger partial charge is 0.264 e. The summed E-state index contributed by atoms with van der Waals surface area (Å²) in [5, 5.41) is 3.95. The van der Waals surface area contributed by atoms with Crippen LogP contribution in [0.15, 0.2) is 71.6 Å². The molecule has 3 aromatic rings. The maximum absolute atomic E-state index is 14.1. The SMILES string of the molecule is Cc1ccc(S(=O)(=O)N(CC(=O)N(Cc2ccc(Cl)cc2)[C@H](C)C(=O)NC2CCCC2)c2cc(Cl)ccc2C)cc1. The Morgan fingerprint density at radius 3 is 2.17 bits per heavy atom. The summed E-state index contributed by atoms with van der Waals surface area (Å²) in [4.78, 5) is 28.9. The predicted molar refractivity (Wildman–Crippen MR) is 164 cm³/mol. The molecular formula is C31H35Cl2N3O4S. The molecule has 0 aromatic heterocycles. The lowest BCUT2D eigenvalue weighted by Gasteiger charge is -2.33. The fraction of sp³-hybridized carbons (Fsp3) is 0.355. The Bertz CT molecular complexity index is 1490. The number of hydrogen-bond acceptors (Lipinski definition) is 4. The number of amides is 2. The summed E-state index contributed by atoms with van der Waals surface area (Å²) in [6.07, 6.45) is 3.91. The Hall–Kier alpha value is -3.07. The second-order valence-corrected chi connectivity index (χ2v) is 13.3. The van der Waals surface area contributed by atoms with Crippen LogP contribution in [0.4, 0.5) is 5.69 Å². The van der Waals surface area contributed by atoms with Gasteiger partial charge in [0.05, 0.1) is 10.6 Å². The number of rotatable bonds is 10. The molecule has 1 saturated carbocycles. The molecule has 1 N–H and O–H groups in total. The zero-order chi connectivity index (χ0) is 29.7. The van der Waals surface area contributed by atoms with Crippen molar-refractivity contribution in [3.8, 4) is 0 Å². The number of sulfonamides is 1. The number of nitrogens with zero attached hydrogens (tertiary/aromatic N) is 2. The van der Waals surface area contributed by atoms with E-state index in [4.69, 9.17) is 23.2 Å². The van der Waals surface area contributed by atoms with E-state index in [9.17, 15) is 18.0 Å². The van der Waals surface area contributed by atoms with Crippen LogP contribution in [0, 0.1) is 13.8 Å². The molecule has 0 radical (unpaired) electrons. The van der Waals surface area contributed by atoms with Crippen LogP contribution >= 0.6 is 23.2 Å². The highest BCUT2D eigenvalue weighted by molar-refractivity contribution is 7.92. The fourth-order valence-electron chi connectivity index (χ4n) is 4.96. The molecule has 3 aromatic carbocycles. The zero-order valence-electron chi connectivity index (χ0n) is 23.4. The van der Waals surface area contributed by atoms with E-state index < -0.39 is 28.5 Å². The van der Waals surface area contributed by atoms with Gasteiger partial charge in [-0.25, -0.2) is 8.42 Å². The summed E-state index contributed by atoms with van der Waals surface area (Å²) in [6, 6.07) is 17.6. The second kappa shape index (κ2) is 13.3. The molecule has 218 valence electrons. The quantitative estimate of drug-likeness (QED) is 0.291. The van der Waals surface area contributed by atoms with Gasteiger partial charge >= 0.3 is 0 Å². The highest BCUT2D eigenvalue weighted by atomic mass is 35.5. The van der Waals surface area contributed by atoms with Gasteiger partial charge < -0.3 is 10.2 Å². The normalized spacial score (nSPS) is 14.5. The summed E-state index contributed by atoms with van der Waals surface area (Å²) in [6.45, 7) is 4.87. The van der Waals surface area contributed by atoms with E-state index in [1.165, 1.54) is 23.1 Å². The van der Waals surface area contributed by atoms with Crippen molar-refractivity contribution in [1.29, 1.82) is 0 Å². The van der Waals surface area contributed by atoms with Crippen molar-refractivity contribution in [2.45, 2.75) is 70.0 Å². The minimum atomic E-state index is -4.17. The van der Waals surface area contributed by atoms with Crippen LogP contribution in [0.1, 0.15) is 49.3 Å². The van der Waals surface area contributed by atoms with Gasteiger partial charge in [0, 0.05) is 22.6 Å². The monoisotopic (exact) mass is 615 g/mol. The van der Waals surface area contributed by atoms with Crippen LogP contribution < -0.4 is 9.62 Å². The van der Waals surface area contributed by atoms with Crippen LogP contribution in [0.3, 0.4) is 0 Å². The Morgan fingerprint density at radius 1 is 0.927 bits per heavy atom. The highest BCUT2D eigenvalue weighted by Gasteiger charge is 2.34. The first kappa shape index (κ1) is 30.9. The van der Waals surface area contributed by atoms with Gasteiger partial charge in [-0.3, -0.25) is 13.9 Å². The van der Waals surface area contributed by atoms with E-state index in [0.717, 1.165) is 41.1 Å². The van der Waals surface area contributed by atoms with E-state index >= 15 is 0 Å². The molecule has 7 nitrogen and oxygen atoms in total. The van der Waals surface area contributed by atoms with Gasteiger partial charge in [0.2, 0.25) is 11.8 Å². The summed E-state index contributed by atoms with van der Waals surface area (Å²) in [5.74, 6) is -0.796. The average molecular weight is 617 g/mol. The number of halogens is 2. The maximum atomic E-state index is 14.1. The molecule has 4 rings (SSSR count). The molecule has 2 amide bonds. The minimum absolute atomic E-state index is 0.0477. The summed E-state index contributed by atoms with van der Waals surface area (Å²) < 4.78 is 29.1. The number of anilines is 1. The lowest BCUT2D eigenvalue weighted by atomic mass is 10.1. The number of hydrogen-bond donors (Lipinski definition) is 1. The Morgan fingerprint density at radius 2 is 1.54 bits per heavy atom. The number of carbonyl (C=O) groups excluding carboxylic acids is 2. The molecule has 0 unspecified atom stereocenters. The molecule has 0 saturated heterocycles. The highest BCUT2D eigenvalue weighted by Crippen LogP contribution is 2.30. The molecule has 0 spiro atoms. The molecular weight excluding hydrogens is 581 g/mol. The van der Waals surface area contributed by atoms with E-state index in [2.05, 4.69) is 5.32 Å². The second-order valence-electron chi connectivity index (χ2n) is 10.6. The van der Waals surface area contributed by atoms with Crippen LogP contribution in [-0.4, -0.2) is 43.8 Å². The van der Waals surface area contributed by atoms with Gasteiger partial charge in [-0.1, -0.05) is 71.9 Å². The van der Waals surface area contributed by atoms with Crippen LogP contribution in [0.5, 0.6) is 0 Å². The first-order valence-electron chi connectivity index (χ1n) is 13.7. The Kier molecular flexibility index (Phi) is 10.00. The van der Waals surface area contributed by atoms with Gasteiger partial charge in [-0.05, 0) is 81.1 Å². The van der Waals surface area contributed by atoms with E-state index in [-0.39, 0.29) is 23.4 Å². The van der Waals surface area contributed by atoms with Crippen molar-refractivity contribution < 1.29 is 18.0 Å². The first-order valence-corrected chi connectivity index (χ1v) is 15.8.